The molecular formula is C23H27BN2O4S. The molecule has 0 radical (unpaired) electrons. The van der Waals surface area contributed by atoms with Gasteiger partial charge in [0.2, 0.25) is 10.0 Å². The Morgan fingerprint density at radius 2 is 1.87 bits per heavy atom. The van der Waals surface area contributed by atoms with Crippen molar-refractivity contribution in [3.8, 4) is 0 Å². The molecule has 1 unspecified atom stereocenters. The number of aromatic nitrogens is 1. The second-order valence-electron chi connectivity index (χ2n) is 8.20. The molecule has 2 atom stereocenters. The maximum absolute atomic E-state index is 13.7. The molecule has 1 fully saturated rings. The molecule has 0 aliphatic carbocycles. The number of benzene rings is 2. The molecule has 8 heteroatoms. The van der Waals surface area contributed by atoms with E-state index in [2.05, 4.69) is 4.98 Å². The van der Waals surface area contributed by atoms with Gasteiger partial charge in [-0.3, -0.25) is 4.79 Å². The first-order valence-electron chi connectivity index (χ1n) is 10.7. The Balaban J connectivity index is 1.78. The van der Waals surface area contributed by atoms with Crippen molar-refractivity contribution >= 4 is 33.9 Å². The third-order valence-electron chi connectivity index (χ3n) is 6.04. The molecule has 162 valence electrons. The lowest BCUT2D eigenvalue weighted by Gasteiger charge is -2.27. The van der Waals surface area contributed by atoms with Gasteiger partial charge in [0.25, 0.3) is 0 Å². The van der Waals surface area contributed by atoms with Crippen LogP contribution >= 0.6 is 0 Å². The molecule has 2 aromatic carbocycles. The number of hydrogen-bond acceptors (Lipinski definition) is 4. The van der Waals surface area contributed by atoms with Crippen molar-refractivity contribution in [1.82, 2.24) is 9.20 Å². The monoisotopic (exact) mass is 438 g/mol. The van der Waals surface area contributed by atoms with Gasteiger partial charge < -0.3 is 9.64 Å². The predicted octanol–water partition coefficient (Wildman–Crippen LogP) is 4.48. The van der Waals surface area contributed by atoms with Crippen molar-refractivity contribution in [1.29, 1.82) is 0 Å². The summed E-state index contributed by atoms with van der Waals surface area (Å²) in [7, 11) is -4.72. The SMILES string of the molecule is CCCCB1OC(=O)C([C@H](C)c2c[nH]c3ccccc23)N1S(=O)(=O)c1ccc(C)cc1. The van der Waals surface area contributed by atoms with Gasteiger partial charge >= 0.3 is 13.0 Å². The summed E-state index contributed by atoms with van der Waals surface area (Å²) in [6, 6.07) is 13.6. The number of hydrogen-bond donors (Lipinski definition) is 1. The Bertz CT molecular complexity index is 1190. The second kappa shape index (κ2) is 8.51. The van der Waals surface area contributed by atoms with Crippen LogP contribution in [0.25, 0.3) is 10.9 Å². The summed E-state index contributed by atoms with van der Waals surface area (Å²) in [6.07, 6.45) is 3.99. The van der Waals surface area contributed by atoms with Crippen LogP contribution in [0, 0.1) is 6.92 Å². The van der Waals surface area contributed by atoms with Gasteiger partial charge in [0.15, 0.2) is 0 Å². The molecular weight excluding hydrogens is 411 g/mol. The number of para-hydroxylation sites is 1. The Hall–Kier alpha value is -2.58. The van der Waals surface area contributed by atoms with Gasteiger partial charge in [0.05, 0.1) is 4.90 Å². The fraction of sp³-hybridized carbons (Fsp3) is 0.348. The van der Waals surface area contributed by atoms with Gasteiger partial charge in [0.1, 0.15) is 6.04 Å². The van der Waals surface area contributed by atoms with E-state index < -0.39 is 29.1 Å². The molecule has 2 heterocycles. The zero-order valence-electron chi connectivity index (χ0n) is 18.0. The number of aryl methyl sites for hydroxylation is 1. The van der Waals surface area contributed by atoms with Crippen LogP contribution in [0.15, 0.2) is 59.6 Å². The number of sulfonamides is 1. The Labute approximate surface area is 183 Å². The number of rotatable bonds is 7. The van der Waals surface area contributed by atoms with Crippen LogP contribution in [0.5, 0.6) is 0 Å². The summed E-state index contributed by atoms with van der Waals surface area (Å²) in [4.78, 5) is 16.4. The first-order chi connectivity index (χ1) is 14.8. The van der Waals surface area contributed by atoms with Crippen LogP contribution < -0.4 is 0 Å². The van der Waals surface area contributed by atoms with Gasteiger partial charge in [-0.2, -0.15) is 4.22 Å². The zero-order chi connectivity index (χ0) is 22.2. The van der Waals surface area contributed by atoms with Gasteiger partial charge in [-0.1, -0.05) is 62.6 Å². The molecule has 1 saturated heterocycles. The molecule has 0 bridgehead atoms. The number of nitrogens with zero attached hydrogens (tertiary/aromatic N) is 1. The van der Waals surface area contributed by atoms with E-state index in [0.717, 1.165) is 34.9 Å². The molecule has 0 saturated carbocycles. The Kier molecular flexibility index (Phi) is 5.95. The molecule has 1 aliphatic heterocycles. The lowest BCUT2D eigenvalue weighted by molar-refractivity contribution is -0.135. The van der Waals surface area contributed by atoms with Crippen LogP contribution in [0.2, 0.25) is 6.32 Å². The summed E-state index contributed by atoms with van der Waals surface area (Å²) in [5, 5.41) is 0.979. The van der Waals surface area contributed by atoms with Gasteiger partial charge in [0, 0.05) is 23.0 Å². The minimum atomic E-state index is -3.93. The van der Waals surface area contributed by atoms with Crippen LogP contribution in [0.3, 0.4) is 0 Å². The summed E-state index contributed by atoms with van der Waals surface area (Å²) in [6.45, 7) is 5.83. The maximum atomic E-state index is 13.7. The first kappa shape index (κ1) is 21.6. The highest BCUT2D eigenvalue weighted by molar-refractivity contribution is 7.90. The highest BCUT2D eigenvalue weighted by atomic mass is 32.2. The molecule has 4 rings (SSSR count). The molecule has 0 amide bonds. The van der Waals surface area contributed by atoms with Crippen LogP contribution in [-0.4, -0.2) is 36.7 Å². The van der Waals surface area contributed by atoms with Crippen molar-refractivity contribution < 1.29 is 17.9 Å². The normalized spacial score (nSPS) is 18.5. The molecule has 1 N–H and O–H groups in total. The van der Waals surface area contributed by atoms with E-state index in [4.69, 9.17) is 4.65 Å². The Morgan fingerprint density at radius 3 is 2.58 bits per heavy atom. The molecule has 1 aromatic heterocycles. The number of carbonyl (C=O) groups excluding carboxylic acids is 1. The van der Waals surface area contributed by atoms with Crippen molar-refractivity contribution in [2.75, 3.05) is 0 Å². The molecule has 6 nitrogen and oxygen atoms in total. The van der Waals surface area contributed by atoms with E-state index in [0.29, 0.717) is 6.32 Å². The fourth-order valence-corrected chi connectivity index (χ4v) is 6.05. The van der Waals surface area contributed by atoms with E-state index >= 15 is 0 Å². The number of H-pyrrole nitrogens is 1. The van der Waals surface area contributed by atoms with Crippen molar-refractivity contribution in [2.45, 2.75) is 56.8 Å². The molecule has 0 spiro atoms. The van der Waals surface area contributed by atoms with Crippen molar-refractivity contribution in [3.05, 3.63) is 65.9 Å². The van der Waals surface area contributed by atoms with Crippen molar-refractivity contribution in [2.24, 2.45) is 0 Å². The highest BCUT2D eigenvalue weighted by Crippen LogP contribution is 2.37. The van der Waals surface area contributed by atoms with Crippen LogP contribution in [0.1, 0.15) is 43.7 Å². The number of nitrogens with one attached hydrogen (secondary N) is 1. The number of carbonyl (C=O) groups is 1. The predicted molar refractivity (Wildman–Crippen MR) is 122 cm³/mol. The zero-order valence-corrected chi connectivity index (χ0v) is 18.9. The lowest BCUT2D eigenvalue weighted by atomic mass is 9.76. The largest absolute Gasteiger partial charge is 0.518 e. The number of fused-ring (bicyclic) bond motifs is 1. The third-order valence-corrected chi connectivity index (χ3v) is 7.92. The molecule has 31 heavy (non-hydrogen) atoms. The summed E-state index contributed by atoms with van der Waals surface area (Å²) in [5.41, 5.74) is 2.82. The quantitative estimate of drug-likeness (QED) is 0.552. The van der Waals surface area contributed by atoms with Gasteiger partial charge in [-0.05, 0) is 37.0 Å². The number of unbranched alkanes of at least 4 members (excludes halogenated alkanes) is 1. The standard InChI is InChI=1S/C23H27BN2O4S/c1-4-5-14-24-26(31(28,29)18-12-10-16(2)11-13-18)22(23(27)30-24)17(3)20-15-25-21-9-7-6-8-19(20)21/h6-13,15,17,22,25H,4-5,14H2,1-3H3/t17-,22?/m1/s1. The van der Waals surface area contributed by atoms with E-state index in [1.807, 2.05) is 51.2 Å². The average molecular weight is 438 g/mol. The van der Waals surface area contributed by atoms with E-state index in [1.165, 1.54) is 4.22 Å². The summed E-state index contributed by atoms with van der Waals surface area (Å²) in [5.74, 6) is -0.870. The van der Waals surface area contributed by atoms with Gasteiger partial charge in [-0.25, -0.2) is 8.42 Å². The van der Waals surface area contributed by atoms with E-state index in [-0.39, 0.29) is 10.8 Å². The average Bonchev–Trinajstić information content (AvgIpc) is 3.33. The van der Waals surface area contributed by atoms with Gasteiger partial charge in [-0.15, -0.1) is 0 Å². The minimum absolute atomic E-state index is 0.175. The molecule has 3 aromatic rings. The minimum Gasteiger partial charge on any atom is -0.518 e. The Morgan fingerprint density at radius 1 is 1.16 bits per heavy atom. The fourth-order valence-electron chi connectivity index (χ4n) is 4.31. The van der Waals surface area contributed by atoms with E-state index in [1.54, 1.807) is 24.3 Å². The highest BCUT2D eigenvalue weighted by Gasteiger charge is 2.54. The molecule has 1 aliphatic rings. The lowest BCUT2D eigenvalue weighted by Crippen LogP contribution is -2.47. The van der Waals surface area contributed by atoms with Crippen LogP contribution in [0.4, 0.5) is 0 Å². The maximum Gasteiger partial charge on any atom is 0.466 e. The first-order valence-corrected chi connectivity index (χ1v) is 12.1. The smallest absolute Gasteiger partial charge is 0.466 e. The van der Waals surface area contributed by atoms with Crippen LogP contribution in [-0.2, 0) is 19.5 Å². The second-order valence-corrected chi connectivity index (χ2v) is 10.0. The van der Waals surface area contributed by atoms with Crippen molar-refractivity contribution in [3.63, 3.8) is 0 Å². The summed E-state index contributed by atoms with van der Waals surface area (Å²) < 4.78 is 34.4. The third kappa shape index (κ3) is 3.90. The summed E-state index contributed by atoms with van der Waals surface area (Å²) >= 11 is 0. The van der Waals surface area contributed by atoms with E-state index in [9.17, 15) is 13.2 Å². The number of aromatic amines is 1. The topological polar surface area (TPSA) is 79.5 Å².